The molecule has 3 rings (SSSR count). The normalized spacial score (nSPS) is 20.8. The van der Waals surface area contributed by atoms with Crippen LogP contribution in [-0.4, -0.2) is 61.0 Å². The number of carbonyl (C=O) groups is 1. The van der Waals surface area contributed by atoms with Crippen molar-refractivity contribution in [2.75, 3.05) is 39.3 Å². The molecule has 0 atom stereocenters. The van der Waals surface area contributed by atoms with E-state index in [0.29, 0.717) is 17.5 Å². The van der Waals surface area contributed by atoms with Gasteiger partial charge in [-0.1, -0.05) is 23.7 Å². The third-order valence-electron chi connectivity index (χ3n) is 4.15. The van der Waals surface area contributed by atoms with Gasteiger partial charge in [-0.2, -0.15) is 0 Å². The molecule has 0 aliphatic carbocycles. The maximum absolute atomic E-state index is 12.2. The van der Waals surface area contributed by atoms with Crippen LogP contribution in [0.25, 0.3) is 0 Å². The van der Waals surface area contributed by atoms with E-state index in [1.54, 1.807) is 0 Å². The van der Waals surface area contributed by atoms with Crippen molar-refractivity contribution >= 4 is 17.5 Å². The monoisotopic (exact) mass is 293 g/mol. The van der Waals surface area contributed by atoms with Crippen LogP contribution in [-0.2, 0) is 11.2 Å². The average Bonchev–Trinajstić information content (AvgIpc) is 2.41. The van der Waals surface area contributed by atoms with Crippen molar-refractivity contribution in [1.82, 2.24) is 15.1 Å². The lowest BCUT2D eigenvalue weighted by molar-refractivity contribution is -0.138. The third-order valence-corrected chi connectivity index (χ3v) is 4.40. The van der Waals surface area contributed by atoms with Crippen molar-refractivity contribution in [3.63, 3.8) is 0 Å². The first-order valence-electron chi connectivity index (χ1n) is 7.19. The minimum Gasteiger partial charge on any atom is -0.339 e. The number of rotatable bonds is 3. The van der Waals surface area contributed by atoms with E-state index in [2.05, 4.69) is 10.2 Å². The molecule has 0 bridgehead atoms. The zero-order valence-corrected chi connectivity index (χ0v) is 12.3. The SMILES string of the molecule is O=C(Cc1ccc(Cl)cc1)N1CC(N2CCNCC2)C1. The van der Waals surface area contributed by atoms with Crippen molar-refractivity contribution in [2.45, 2.75) is 12.5 Å². The van der Waals surface area contributed by atoms with E-state index < -0.39 is 0 Å². The van der Waals surface area contributed by atoms with Gasteiger partial charge in [-0.25, -0.2) is 0 Å². The number of nitrogens with zero attached hydrogens (tertiary/aromatic N) is 2. The molecule has 4 nitrogen and oxygen atoms in total. The first kappa shape index (κ1) is 13.9. The molecule has 0 spiro atoms. The summed E-state index contributed by atoms with van der Waals surface area (Å²) >= 11 is 5.85. The van der Waals surface area contributed by atoms with Crippen molar-refractivity contribution in [1.29, 1.82) is 0 Å². The van der Waals surface area contributed by atoms with E-state index in [0.717, 1.165) is 44.8 Å². The number of nitrogens with one attached hydrogen (secondary N) is 1. The number of hydrogen-bond donors (Lipinski definition) is 1. The molecule has 0 radical (unpaired) electrons. The molecule has 0 aromatic heterocycles. The first-order valence-corrected chi connectivity index (χ1v) is 7.57. The summed E-state index contributed by atoms with van der Waals surface area (Å²) in [6.07, 6.45) is 0.478. The lowest BCUT2D eigenvalue weighted by atomic mass is 10.0. The summed E-state index contributed by atoms with van der Waals surface area (Å²) in [6.45, 7) is 6.09. The van der Waals surface area contributed by atoms with Crippen molar-refractivity contribution in [3.8, 4) is 0 Å². The highest BCUT2D eigenvalue weighted by Gasteiger charge is 2.34. The average molecular weight is 294 g/mol. The summed E-state index contributed by atoms with van der Waals surface area (Å²) in [7, 11) is 0. The molecular weight excluding hydrogens is 274 g/mol. The predicted molar refractivity (Wildman–Crippen MR) is 80.0 cm³/mol. The number of carbonyl (C=O) groups excluding carboxylic acids is 1. The summed E-state index contributed by atoms with van der Waals surface area (Å²) in [4.78, 5) is 16.6. The van der Waals surface area contributed by atoms with E-state index in [1.165, 1.54) is 0 Å². The minimum atomic E-state index is 0.221. The van der Waals surface area contributed by atoms with Crippen LogP contribution in [0.5, 0.6) is 0 Å². The molecule has 2 aliphatic rings. The fourth-order valence-electron chi connectivity index (χ4n) is 2.83. The largest absolute Gasteiger partial charge is 0.339 e. The van der Waals surface area contributed by atoms with Crippen molar-refractivity contribution < 1.29 is 4.79 Å². The Balaban J connectivity index is 1.47. The van der Waals surface area contributed by atoms with E-state index >= 15 is 0 Å². The highest BCUT2D eigenvalue weighted by Crippen LogP contribution is 2.17. The Morgan fingerprint density at radius 1 is 1.20 bits per heavy atom. The number of amides is 1. The number of hydrogen-bond acceptors (Lipinski definition) is 3. The fourth-order valence-corrected chi connectivity index (χ4v) is 2.95. The summed E-state index contributed by atoms with van der Waals surface area (Å²) in [5.41, 5.74) is 1.03. The molecular formula is C15H20ClN3O. The molecule has 1 aromatic rings. The van der Waals surface area contributed by atoms with Crippen LogP contribution in [0, 0.1) is 0 Å². The van der Waals surface area contributed by atoms with Crippen molar-refractivity contribution in [3.05, 3.63) is 34.9 Å². The van der Waals surface area contributed by atoms with Gasteiger partial charge < -0.3 is 10.2 Å². The zero-order valence-electron chi connectivity index (χ0n) is 11.5. The Labute approximate surface area is 124 Å². The zero-order chi connectivity index (χ0) is 13.9. The molecule has 2 saturated heterocycles. The van der Waals surface area contributed by atoms with E-state index in [9.17, 15) is 4.79 Å². The van der Waals surface area contributed by atoms with Crippen LogP contribution in [0.15, 0.2) is 24.3 Å². The van der Waals surface area contributed by atoms with Crippen molar-refractivity contribution in [2.24, 2.45) is 0 Å². The molecule has 1 aromatic carbocycles. The molecule has 0 saturated carbocycles. The van der Waals surface area contributed by atoms with Gasteiger partial charge in [-0.15, -0.1) is 0 Å². The molecule has 20 heavy (non-hydrogen) atoms. The Morgan fingerprint density at radius 2 is 1.85 bits per heavy atom. The lowest BCUT2D eigenvalue weighted by Crippen LogP contribution is -2.64. The second-order valence-corrected chi connectivity index (χ2v) is 5.98. The summed E-state index contributed by atoms with van der Waals surface area (Å²) < 4.78 is 0. The van der Waals surface area contributed by atoms with Gasteiger partial charge in [0.15, 0.2) is 0 Å². The number of halogens is 1. The maximum atomic E-state index is 12.2. The molecule has 2 aliphatic heterocycles. The Hall–Kier alpha value is -1.10. The highest BCUT2D eigenvalue weighted by atomic mass is 35.5. The molecule has 5 heteroatoms. The first-order chi connectivity index (χ1) is 9.72. The van der Waals surface area contributed by atoms with Gasteiger partial charge in [0.2, 0.25) is 5.91 Å². The standard InChI is InChI=1S/C15H20ClN3O/c16-13-3-1-12(2-4-13)9-15(20)19-10-14(11-19)18-7-5-17-6-8-18/h1-4,14,17H,5-11H2. The van der Waals surface area contributed by atoms with Crippen LogP contribution in [0.4, 0.5) is 0 Å². The molecule has 2 fully saturated rings. The molecule has 1 N–H and O–H groups in total. The Bertz CT molecular complexity index is 465. The van der Waals surface area contributed by atoms with Gasteiger partial charge in [-0.05, 0) is 17.7 Å². The fraction of sp³-hybridized carbons (Fsp3) is 0.533. The number of piperazine rings is 1. The van der Waals surface area contributed by atoms with Gasteiger partial charge in [0.1, 0.15) is 0 Å². The second-order valence-electron chi connectivity index (χ2n) is 5.54. The lowest BCUT2D eigenvalue weighted by Gasteiger charge is -2.46. The quantitative estimate of drug-likeness (QED) is 0.903. The van der Waals surface area contributed by atoms with E-state index in [4.69, 9.17) is 11.6 Å². The molecule has 108 valence electrons. The molecule has 0 unspecified atom stereocenters. The second kappa shape index (κ2) is 6.12. The van der Waals surface area contributed by atoms with Gasteiger partial charge in [0.05, 0.1) is 6.42 Å². The number of benzene rings is 1. The topological polar surface area (TPSA) is 35.6 Å². The predicted octanol–water partition coefficient (Wildman–Crippen LogP) is 0.998. The Kier molecular flexibility index (Phi) is 4.24. The Morgan fingerprint density at radius 3 is 2.50 bits per heavy atom. The van der Waals surface area contributed by atoms with Crippen LogP contribution >= 0.6 is 11.6 Å². The van der Waals surface area contributed by atoms with Gasteiger partial charge in [0, 0.05) is 50.3 Å². The minimum absolute atomic E-state index is 0.221. The van der Waals surface area contributed by atoms with E-state index in [-0.39, 0.29) is 5.91 Å². The van der Waals surface area contributed by atoms with Crippen LogP contribution < -0.4 is 5.32 Å². The molecule has 2 heterocycles. The van der Waals surface area contributed by atoms with Crippen LogP contribution in [0.2, 0.25) is 5.02 Å². The summed E-state index contributed by atoms with van der Waals surface area (Å²) in [5.74, 6) is 0.221. The van der Waals surface area contributed by atoms with Gasteiger partial charge >= 0.3 is 0 Å². The summed E-state index contributed by atoms with van der Waals surface area (Å²) in [6, 6.07) is 8.08. The smallest absolute Gasteiger partial charge is 0.227 e. The van der Waals surface area contributed by atoms with Crippen LogP contribution in [0.3, 0.4) is 0 Å². The van der Waals surface area contributed by atoms with Crippen LogP contribution in [0.1, 0.15) is 5.56 Å². The molecule has 1 amide bonds. The van der Waals surface area contributed by atoms with E-state index in [1.807, 2.05) is 29.2 Å². The maximum Gasteiger partial charge on any atom is 0.227 e. The highest BCUT2D eigenvalue weighted by molar-refractivity contribution is 6.30. The van der Waals surface area contributed by atoms with Gasteiger partial charge in [0.25, 0.3) is 0 Å². The third kappa shape index (κ3) is 3.14. The summed E-state index contributed by atoms with van der Waals surface area (Å²) in [5, 5.41) is 4.07. The van der Waals surface area contributed by atoms with Gasteiger partial charge in [-0.3, -0.25) is 9.69 Å². The number of likely N-dealkylation sites (tertiary alicyclic amines) is 1.